The Hall–Kier alpha value is -1.36. The summed E-state index contributed by atoms with van der Waals surface area (Å²) in [4.78, 5) is 10.4. The number of nitrogens with zero attached hydrogens (tertiary/aromatic N) is 3. The maximum absolute atomic E-state index is 5.84. The lowest BCUT2D eigenvalue weighted by atomic mass is 10.2. The van der Waals surface area contributed by atoms with Gasteiger partial charge in [0.15, 0.2) is 0 Å². The zero-order valence-corrected chi connectivity index (χ0v) is 11.1. The molecule has 0 bridgehead atoms. The molecule has 0 aromatic carbocycles. The third kappa shape index (κ3) is 3.85. The summed E-state index contributed by atoms with van der Waals surface area (Å²) in [6.07, 6.45) is 2.59. The van der Waals surface area contributed by atoms with Gasteiger partial charge in [-0.1, -0.05) is 6.92 Å². The third-order valence-electron chi connectivity index (χ3n) is 2.55. The summed E-state index contributed by atoms with van der Waals surface area (Å²) < 4.78 is 5.52. The molecule has 17 heavy (non-hydrogen) atoms. The molecule has 0 saturated heterocycles. The Morgan fingerprint density at radius 1 is 1.41 bits per heavy atom. The maximum atomic E-state index is 5.84. The minimum absolute atomic E-state index is 0.254. The Kier molecular flexibility index (Phi) is 5.15. The van der Waals surface area contributed by atoms with E-state index in [2.05, 4.69) is 21.8 Å². The molecule has 1 rings (SSSR count). The maximum Gasteiger partial charge on any atom is 0.137 e. The number of aromatic nitrogens is 2. The highest BCUT2D eigenvalue weighted by Crippen LogP contribution is 2.20. The van der Waals surface area contributed by atoms with Crippen molar-refractivity contribution in [3.05, 3.63) is 11.9 Å². The van der Waals surface area contributed by atoms with Gasteiger partial charge in [0.05, 0.1) is 12.7 Å². The predicted molar refractivity (Wildman–Crippen MR) is 70.2 cm³/mol. The molecule has 1 aromatic heterocycles. The van der Waals surface area contributed by atoms with Gasteiger partial charge >= 0.3 is 0 Å². The smallest absolute Gasteiger partial charge is 0.137 e. The third-order valence-corrected chi connectivity index (χ3v) is 2.55. The highest BCUT2D eigenvalue weighted by atomic mass is 16.5. The molecular weight excluding hydrogens is 216 g/mol. The van der Waals surface area contributed by atoms with Crippen LogP contribution in [0.5, 0.6) is 0 Å². The quantitative estimate of drug-likeness (QED) is 0.813. The van der Waals surface area contributed by atoms with Crippen LogP contribution in [-0.4, -0.2) is 36.3 Å². The van der Waals surface area contributed by atoms with E-state index in [1.807, 2.05) is 20.9 Å². The largest absolute Gasteiger partial charge is 0.383 e. The van der Waals surface area contributed by atoms with Crippen molar-refractivity contribution < 1.29 is 4.74 Å². The zero-order chi connectivity index (χ0) is 12.8. The fourth-order valence-electron chi connectivity index (χ4n) is 1.62. The lowest BCUT2D eigenvalue weighted by Crippen LogP contribution is -2.26. The number of nitrogens with two attached hydrogens (primary N) is 1. The number of ether oxygens (including phenoxy) is 1. The minimum Gasteiger partial charge on any atom is -0.383 e. The summed E-state index contributed by atoms with van der Waals surface area (Å²) in [5.74, 6) is 1.46. The molecule has 1 heterocycles. The van der Waals surface area contributed by atoms with Crippen molar-refractivity contribution >= 4 is 11.6 Å². The molecule has 5 nitrogen and oxygen atoms in total. The molecule has 0 fully saturated rings. The summed E-state index contributed by atoms with van der Waals surface area (Å²) in [5, 5.41) is 0. The fourth-order valence-corrected chi connectivity index (χ4v) is 1.62. The van der Waals surface area contributed by atoms with Gasteiger partial charge in [0.25, 0.3) is 0 Å². The van der Waals surface area contributed by atoms with Gasteiger partial charge in [0, 0.05) is 19.2 Å². The van der Waals surface area contributed by atoms with Gasteiger partial charge in [0.2, 0.25) is 0 Å². The van der Waals surface area contributed by atoms with Crippen LogP contribution < -0.4 is 10.6 Å². The van der Waals surface area contributed by atoms with Crippen LogP contribution in [0.15, 0.2) is 6.33 Å². The van der Waals surface area contributed by atoms with Crippen LogP contribution in [-0.2, 0) is 11.2 Å². The van der Waals surface area contributed by atoms with Gasteiger partial charge in [-0.2, -0.15) is 0 Å². The van der Waals surface area contributed by atoms with E-state index < -0.39 is 0 Å². The number of likely N-dealkylation sites (N-methyl/N-ethyl adjacent to an activating group) is 1. The first-order valence-corrected chi connectivity index (χ1v) is 5.98. The van der Waals surface area contributed by atoms with Gasteiger partial charge in [-0.05, 0) is 20.3 Å². The van der Waals surface area contributed by atoms with E-state index in [4.69, 9.17) is 10.5 Å². The molecule has 0 aliphatic rings. The normalized spacial score (nSPS) is 10.9. The van der Waals surface area contributed by atoms with Gasteiger partial charge in [0.1, 0.15) is 18.0 Å². The summed E-state index contributed by atoms with van der Waals surface area (Å²) in [7, 11) is 1.99. The number of nitrogen functional groups attached to an aromatic ring is 1. The molecular formula is C12H22N4O. The van der Waals surface area contributed by atoms with Crippen molar-refractivity contribution in [3.8, 4) is 0 Å². The molecule has 0 aliphatic carbocycles. The molecule has 96 valence electrons. The summed E-state index contributed by atoms with van der Waals surface area (Å²) in [6.45, 7) is 7.58. The molecule has 0 atom stereocenters. The topological polar surface area (TPSA) is 64.3 Å². The van der Waals surface area contributed by atoms with Crippen molar-refractivity contribution in [2.24, 2.45) is 0 Å². The molecule has 0 spiro atoms. The zero-order valence-electron chi connectivity index (χ0n) is 11.1. The van der Waals surface area contributed by atoms with Gasteiger partial charge in [-0.25, -0.2) is 9.97 Å². The lowest BCUT2D eigenvalue weighted by Gasteiger charge is -2.21. The first-order chi connectivity index (χ1) is 8.06. The Morgan fingerprint density at radius 3 is 2.71 bits per heavy atom. The lowest BCUT2D eigenvalue weighted by molar-refractivity contribution is 0.0845. The summed E-state index contributed by atoms with van der Waals surface area (Å²) >= 11 is 0. The highest BCUT2D eigenvalue weighted by Gasteiger charge is 2.11. The molecule has 0 unspecified atom stereocenters. The van der Waals surface area contributed by atoms with Gasteiger partial charge < -0.3 is 15.4 Å². The van der Waals surface area contributed by atoms with E-state index in [0.717, 1.165) is 24.3 Å². The molecule has 0 aliphatic heterocycles. The summed E-state index contributed by atoms with van der Waals surface area (Å²) in [5.41, 5.74) is 6.84. The summed E-state index contributed by atoms with van der Waals surface area (Å²) in [6, 6.07) is 0. The average Bonchev–Trinajstić information content (AvgIpc) is 2.28. The molecule has 0 saturated carbocycles. The number of rotatable bonds is 6. The molecule has 0 radical (unpaired) electrons. The molecule has 2 N–H and O–H groups in total. The Morgan fingerprint density at radius 2 is 2.12 bits per heavy atom. The number of anilines is 2. The monoisotopic (exact) mass is 238 g/mol. The van der Waals surface area contributed by atoms with E-state index >= 15 is 0 Å². The van der Waals surface area contributed by atoms with Crippen LogP contribution in [0.25, 0.3) is 0 Å². The first kappa shape index (κ1) is 13.7. The van der Waals surface area contributed by atoms with Crippen molar-refractivity contribution in [1.29, 1.82) is 0 Å². The highest BCUT2D eigenvalue weighted by molar-refractivity contribution is 5.56. The predicted octanol–water partition coefficient (Wildman–Crippen LogP) is 1.48. The van der Waals surface area contributed by atoms with Crippen molar-refractivity contribution in [1.82, 2.24) is 9.97 Å². The van der Waals surface area contributed by atoms with Crippen molar-refractivity contribution in [2.45, 2.75) is 33.3 Å². The van der Waals surface area contributed by atoms with E-state index in [-0.39, 0.29) is 6.10 Å². The van der Waals surface area contributed by atoms with Crippen molar-refractivity contribution in [2.75, 3.05) is 30.8 Å². The second kappa shape index (κ2) is 6.39. The molecule has 5 heteroatoms. The van der Waals surface area contributed by atoms with E-state index in [1.165, 1.54) is 6.33 Å². The number of hydrogen-bond donors (Lipinski definition) is 1. The van der Waals surface area contributed by atoms with Crippen LogP contribution in [0.3, 0.4) is 0 Å². The van der Waals surface area contributed by atoms with E-state index in [9.17, 15) is 0 Å². The van der Waals surface area contributed by atoms with Gasteiger partial charge in [-0.15, -0.1) is 0 Å². The Labute approximate surface area is 103 Å². The fraction of sp³-hybridized carbons (Fsp3) is 0.667. The molecule has 0 amide bonds. The van der Waals surface area contributed by atoms with Crippen LogP contribution in [0.2, 0.25) is 0 Å². The Balaban J connectivity index is 2.68. The standard InChI is InChI=1S/C12H22N4O/c1-5-10-11(13)14-8-15-12(10)16(4)6-7-17-9(2)3/h8-9H,5-7H2,1-4H3,(H2,13,14,15). The van der Waals surface area contributed by atoms with E-state index in [0.29, 0.717) is 12.4 Å². The number of hydrogen-bond acceptors (Lipinski definition) is 5. The van der Waals surface area contributed by atoms with E-state index in [1.54, 1.807) is 0 Å². The minimum atomic E-state index is 0.254. The first-order valence-electron chi connectivity index (χ1n) is 5.98. The SMILES string of the molecule is CCc1c(N)ncnc1N(C)CCOC(C)C. The second-order valence-corrected chi connectivity index (χ2v) is 4.26. The van der Waals surface area contributed by atoms with Crippen molar-refractivity contribution in [3.63, 3.8) is 0 Å². The molecule has 1 aromatic rings. The van der Waals surface area contributed by atoms with Gasteiger partial charge in [-0.3, -0.25) is 0 Å². The van der Waals surface area contributed by atoms with Crippen LogP contribution in [0.4, 0.5) is 11.6 Å². The Bertz CT molecular complexity index is 354. The average molecular weight is 238 g/mol. The second-order valence-electron chi connectivity index (χ2n) is 4.26. The van der Waals surface area contributed by atoms with Crippen LogP contribution in [0.1, 0.15) is 26.3 Å². The van der Waals surface area contributed by atoms with Crippen LogP contribution >= 0.6 is 0 Å². The van der Waals surface area contributed by atoms with Crippen LogP contribution in [0, 0.1) is 0 Å².